The maximum atomic E-state index is 12.1. The topological polar surface area (TPSA) is 66.4 Å². The van der Waals surface area contributed by atoms with Gasteiger partial charge in [-0.15, -0.1) is 11.3 Å². The molecule has 108 valence electrons. The van der Waals surface area contributed by atoms with Gasteiger partial charge in [0, 0.05) is 11.3 Å². The van der Waals surface area contributed by atoms with Crippen LogP contribution >= 0.6 is 11.3 Å². The lowest BCUT2D eigenvalue weighted by Crippen LogP contribution is -2.34. The van der Waals surface area contributed by atoms with Gasteiger partial charge in [-0.3, -0.25) is 4.79 Å². The molecule has 2 aliphatic rings. The Bertz CT molecular complexity index is 499. The molecule has 4 unspecified atom stereocenters. The second-order valence-electron chi connectivity index (χ2n) is 5.99. The molecule has 1 aromatic heterocycles. The third kappa shape index (κ3) is 2.73. The van der Waals surface area contributed by atoms with Crippen LogP contribution in [0.15, 0.2) is 17.5 Å². The Labute approximate surface area is 122 Å². The minimum atomic E-state index is -0.992. The average molecular weight is 293 g/mol. The van der Waals surface area contributed by atoms with Crippen LogP contribution in [0.5, 0.6) is 0 Å². The number of fused-ring (bicyclic) bond motifs is 2. The van der Waals surface area contributed by atoms with Gasteiger partial charge < -0.3 is 10.4 Å². The number of thiophene rings is 1. The maximum absolute atomic E-state index is 12.1. The van der Waals surface area contributed by atoms with Crippen LogP contribution in [0, 0.1) is 17.8 Å². The number of carbonyl (C=O) groups excluding carboxylic acids is 1. The van der Waals surface area contributed by atoms with Gasteiger partial charge in [0.15, 0.2) is 6.04 Å². The van der Waals surface area contributed by atoms with E-state index in [9.17, 15) is 14.7 Å². The van der Waals surface area contributed by atoms with E-state index in [1.807, 2.05) is 5.38 Å². The highest BCUT2D eigenvalue weighted by Gasteiger charge is 2.40. The molecule has 20 heavy (non-hydrogen) atoms. The number of hydrogen-bond acceptors (Lipinski definition) is 3. The Morgan fingerprint density at radius 3 is 2.80 bits per heavy atom. The van der Waals surface area contributed by atoms with Crippen molar-refractivity contribution in [3.8, 4) is 0 Å². The number of carboxylic acid groups (broad SMARTS) is 1. The summed E-state index contributed by atoms with van der Waals surface area (Å²) in [7, 11) is 0. The van der Waals surface area contributed by atoms with E-state index in [1.54, 1.807) is 12.1 Å². The van der Waals surface area contributed by atoms with Crippen LogP contribution in [0.2, 0.25) is 0 Å². The lowest BCUT2D eigenvalue weighted by molar-refractivity contribution is -0.142. The number of rotatable bonds is 5. The first-order valence-electron chi connectivity index (χ1n) is 7.19. The highest BCUT2D eigenvalue weighted by Crippen LogP contribution is 2.49. The number of carboxylic acids is 1. The van der Waals surface area contributed by atoms with E-state index in [-0.39, 0.29) is 5.91 Å². The van der Waals surface area contributed by atoms with Gasteiger partial charge in [0.05, 0.1) is 0 Å². The molecule has 2 N–H and O–H groups in total. The van der Waals surface area contributed by atoms with Crippen molar-refractivity contribution in [3.05, 3.63) is 22.4 Å². The molecule has 2 saturated carbocycles. The monoisotopic (exact) mass is 293 g/mol. The Balaban J connectivity index is 1.58. The lowest BCUT2D eigenvalue weighted by Gasteiger charge is -2.22. The van der Waals surface area contributed by atoms with Crippen molar-refractivity contribution in [3.63, 3.8) is 0 Å². The van der Waals surface area contributed by atoms with E-state index in [0.29, 0.717) is 23.1 Å². The van der Waals surface area contributed by atoms with Crippen molar-refractivity contribution in [2.24, 2.45) is 17.8 Å². The number of carbonyl (C=O) groups is 2. The fourth-order valence-electron chi connectivity index (χ4n) is 3.79. The molecule has 4 atom stereocenters. The molecule has 0 radical (unpaired) electrons. The zero-order valence-electron chi connectivity index (χ0n) is 11.2. The smallest absolute Gasteiger partial charge is 0.331 e. The summed E-state index contributed by atoms with van der Waals surface area (Å²) in [6.07, 6.45) is 5.46. The van der Waals surface area contributed by atoms with E-state index in [4.69, 9.17) is 0 Å². The van der Waals surface area contributed by atoms with Crippen LogP contribution in [0.3, 0.4) is 0 Å². The lowest BCUT2D eigenvalue weighted by atomic mass is 9.86. The zero-order chi connectivity index (χ0) is 14.1. The van der Waals surface area contributed by atoms with Gasteiger partial charge in [-0.05, 0) is 48.5 Å². The Hall–Kier alpha value is -1.36. The van der Waals surface area contributed by atoms with Crippen LogP contribution in [-0.2, 0) is 9.59 Å². The molecule has 1 amide bonds. The van der Waals surface area contributed by atoms with E-state index in [0.717, 1.165) is 12.3 Å². The van der Waals surface area contributed by atoms with E-state index in [1.165, 1.54) is 30.6 Å². The molecule has 0 spiro atoms. The third-order valence-corrected chi connectivity index (χ3v) is 5.65. The van der Waals surface area contributed by atoms with Crippen molar-refractivity contribution in [1.29, 1.82) is 0 Å². The van der Waals surface area contributed by atoms with Gasteiger partial charge in [-0.25, -0.2) is 4.79 Å². The molecular weight excluding hydrogens is 274 g/mol. The molecular formula is C15H19NO3S. The van der Waals surface area contributed by atoms with Crippen LogP contribution in [0.25, 0.3) is 0 Å². The van der Waals surface area contributed by atoms with Crippen molar-refractivity contribution in [2.75, 3.05) is 0 Å². The highest BCUT2D eigenvalue weighted by atomic mass is 32.1. The summed E-state index contributed by atoms with van der Waals surface area (Å²) in [6.45, 7) is 0. The zero-order valence-corrected chi connectivity index (χ0v) is 12.1. The minimum absolute atomic E-state index is 0.122. The Morgan fingerprint density at radius 1 is 1.40 bits per heavy atom. The number of aliphatic carboxylic acids is 1. The van der Waals surface area contributed by atoms with Crippen molar-refractivity contribution >= 4 is 23.2 Å². The largest absolute Gasteiger partial charge is 0.479 e. The summed E-state index contributed by atoms with van der Waals surface area (Å²) in [6, 6.07) is 2.65. The predicted molar refractivity (Wildman–Crippen MR) is 76.4 cm³/mol. The Morgan fingerprint density at radius 2 is 2.25 bits per heavy atom. The number of amides is 1. The molecule has 2 fully saturated rings. The SMILES string of the molecule is O=C(CC1CC2CCC1C2)NC(C(=O)O)c1cccs1. The first-order chi connectivity index (χ1) is 9.63. The maximum Gasteiger partial charge on any atom is 0.331 e. The second kappa shape index (κ2) is 5.56. The van der Waals surface area contributed by atoms with Crippen molar-refractivity contribution in [1.82, 2.24) is 5.32 Å². The first kappa shape index (κ1) is 13.6. The van der Waals surface area contributed by atoms with E-state index >= 15 is 0 Å². The molecule has 5 heteroatoms. The standard InChI is InChI=1S/C15H19NO3S/c17-13(8-11-7-9-3-4-10(11)6-9)16-14(15(18)19)12-2-1-5-20-12/h1-2,5,9-11,14H,3-4,6-8H2,(H,16,17)(H,18,19). The van der Waals surface area contributed by atoms with Crippen LogP contribution in [0.1, 0.15) is 43.0 Å². The van der Waals surface area contributed by atoms with Crippen LogP contribution in [-0.4, -0.2) is 17.0 Å². The first-order valence-corrected chi connectivity index (χ1v) is 8.07. The predicted octanol–water partition coefficient (Wildman–Crippen LogP) is 2.82. The Kier molecular flexibility index (Phi) is 3.78. The summed E-state index contributed by atoms with van der Waals surface area (Å²) >= 11 is 1.36. The second-order valence-corrected chi connectivity index (χ2v) is 6.97. The molecule has 2 aliphatic carbocycles. The highest BCUT2D eigenvalue weighted by molar-refractivity contribution is 7.10. The molecule has 1 heterocycles. The summed E-state index contributed by atoms with van der Waals surface area (Å²) in [4.78, 5) is 24.1. The van der Waals surface area contributed by atoms with E-state index < -0.39 is 12.0 Å². The molecule has 0 saturated heterocycles. The van der Waals surface area contributed by atoms with Gasteiger partial charge in [-0.2, -0.15) is 0 Å². The molecule has 1 aromatic rings. The molecule has 4 nitrogen and oxygen atoms in total. The van der Waals surface area contributed by atoms with Gasteiger partial charge >= 0.3 is 5.97 Å². The third-order valence-electron chi connectivity index (χ3n) is 4.71. The number of hydrogen-bond donors (Lipinski definition) is 2. The van der Waals surface area contributed by atoms with Crippen LogP contribution < -0.4 is 5.32 Å². The van der Waals surface area contributed by atoms with Gasteiger partial charge in [0.1, 0.15) is 0 Å². The quantitative estimate of drug-likeness (QED) is 0.877. The van der Waals surface area contributed by atoms with Crippen molar-refractivity contribution in [2.45, 2.75) is 38.1 Å². The fraction of sp³-hybridized carbons (Fsp3) is 0.600. The van der Waals surface area contributed by atoms with Crippen LogP contribution in [0.4, 0.5) is 0 Å². The van der Waals surface area contributed by atoms with E-state index in [2.05, 4.69) is 5.32 Å². The van der Waals surface area contributed by atoms with Crippen molar-refractivity contribution < 1.29 is 14.7 Å². The van der Waals surface area contributed by atoms with Gasteiger partial charge in [0.2, 0.25) is 5.91 Å². The number of nitrogens with one attached hydrogen (secondary N) is 1. The van der Waals surface area contributed by atoms with Gasteiger partial charge in [-0.1, -0.05) is 12.5 Å². The normalized spacial score (nSPS) is 29.3. The summed E-state index contributed by atoms with van der Waals surface area (Å²) in [5.41, 5.74) is 0. The fourth-order valence-corrected chi connectivity index (χ4v) is 4.56. The summed E-state index contributed by atoms with van der Waals surface area (Å²) in [5, 5.41) is 13.8. The molecule has 0 aliphatic heterocycles. The van der Waals surface area contributed by atoms with Gasteiger partial charge in [0.25, 0.3) is 0 Å². The average Bonchev–Trinajstić information content (AvgIpc) is 3.12. The molecule has 3 rings (SSSR count). The minimum Gasteiger partial charge on any atom is -0.479 e. The summed E-state index contributed by atoms with van der Waals surface area (Å²) < 4.78 is 0. The molecule has 2 bridgehead atoms. The summed E-state index contributed by atoms with van der Waals surface area (Å²) in [5.74, 6) is 0.852. The molecule has 0 aromatic carbocycles.